The van der Waals surface area contributed by atoms with Gasteiger partial charge in [-0.05, 0) is 42.0 Å². The summed E-state index contributed by atoms with van der Waals surface area (Å²) in [5, 5.41) is 9.41. The van der Waals surface area contributed by atoms with Crippen molar-refractivity contribution in [2.75, 3.05) is 13.2 Å². The molecule has 2 heterocycles. The topological polar surface area (TPSA) is 73.2 Å². The Bertz CT molecular complexity index is 992. The number of esters is 1. The summed E-state index contributed by atoms with van der Waals surface area (Å²) in [6, 6.07) is 13.7. The second-order valence-electron chi connectivity index (χ2n) is 7.16. The zero-order valence-corrected chi connectivity index (χ0v) is 17.9. The van der Waals surface area contributed by atoms with Crippen LogP contribution in [0.15, 0.2) is 60.1 Å². The molecule has 3 rings (SSSR count). The molecule has 30 heavy (non-hydrogen) atoms. The molecule has 0 saturated carbocycles. The van der Waals surface area contributed by atoms with Gasteiger partial charge in [0.05, 0.1) is 10.6 Å². The monoisotopic (exact) mass is 423 g/mol. The Labute approximate surface area is 180 Å². The summed E-state index contributed by atoms with van der Waals surface area (Å²) in [4.78, 5) is 24.8. The van der Waals surface area contributed by atoms with Gasteiger partial charge in [0.2, 0.25) is 0 Å². The van der Waals surface area contributed by atoms with Crippen LogP contribution in [0, 0.1) is 5.92 Å². The number of nitrogens with one attached hydrogen (secondary N) is 1. The molecule has 0 fully saturated rings. The van der Waals surface area contributed by atoms with E-state index in [0.717, 1.165) is 28.2 Å². The molecule has 0 radical (unpaired) electrons. The maximum Gasteiger partial charge on any atom is 0.331 e. The van der Waals surface area contributed by atoms with Crippen LogP contribution in [0.4, 0.5) is 0 Å². The number of carbonyl (C=O) groups excluding carboxylic acids is 2. The number of carbonyl (C=O) groups is 2. The van der Waals surface area contributed by atoms with Gasteiger partial charge in [-0.25, -0.2) is 9.48 Å². The van der Waals surface area contributed by atoms with Crippen LogP contribution in [0.3, 0.4) is 0 Å². The molecule has 7 heteroatoms. The highest BCUT2D eigenvalue weighted by molar-refractivity contribution is 7.13. The minimum absolute atomic E-state index is 0.289. The first-order valence-corrected chi connectivity index (χ1v) is 10.7. The van der Waals surface area contributed by atoms with Gasteiger partial charge >= 0.3 is 5.97 Å². The number of hydrogen-bond acceptors (Lipinski definition) is 5. The van der Waals surface area contributed by atoms with E-state index in [-0.39, 0.29) is 12.5 Å². The fourth-order valence-electron chi connectivity index (χ4n) is 2.72. The van der Waals surface area contributed by atoms with Gasteiger partial charge in [-0.1, -0.05) is 38.1 Å². The third-order valence-electron chi connectivity index (χ3n) is 4.31. The average molecular weight is 424 g/mol. The van der Waals surface area contributed by atoms with E-state index in [4.69, 9.17) is 4.74 Å². The van der Waals surface area contributed by atoms with E-state index >= 15 is 0 Å². The number of para-hydroxylation sites is 1. The fourth-order valence-corrected chi connectivity index (χ4v) is 3.45. The fraction of sp³-hybridized carbons (Fsp3) is 0.261. The Hall–Kier alpha value is -3.19. The molecule has 2 aromatic heterocycles. The molecule has 1 N–H and O–H groups in total. The van der Waals surface area contributed by atoms with Gasteiger partial charge in [-0.2, -0.15) is 5.10 Å². The molecule has 1 aromatic carbocycles. The second kappa shape index (κ2) is 10.5. The molecule has 3 aromatic rings. The Morgan fingerprint density at radius 2 is 2.00 bits per heavy atom. The lowest BCUT2D eigenvalue weighted by molar-refractivity contribution is -0.143. The number of ether oxygens (including phenoxy) is 1. The normalized spacial score (nSPS) is 11.2. The quantitative estimate of drug-likeness (QED) is 0.411. The number of amides is 1. The molecular formula is C23H25N3O3S. The van der Waals surface area contributed by atoms with Gasteiger partial charge in [0.15, 0.2) is 6.61 Å². The summed E-state index contributed by atoms with van der Waals surface area (Å²) in [5.41, 5.74) is 2.50. The van der Waals surface area contributed by atoms with Gasteiger partial charge in [-0.15, -0.1) is 11.3 Å². The van der Waals surface area contributed by atoms with Crippen molar-refractivity contribution in [3.63, 3.8) is 0 Å². The van der Waals surface area contributed by atoms with Crippen molar-refractivity contribution in [1.29, 1.82) is 0 Å². The van der Waals surface area contributed by atoms with E-state index in [1.54, 1.807) is 22.1 Å². The predicted octanol–water partition coefficient (Wildman–Crippen LogP) is 4.32. The van der Waals surface area contributed by atoms with Crippen molar-refractivity contribution in [3.8, 4) is 16.3 Å². The van der Waals surface area contributed by atoms with Crippen molar-refractivity contribution in [3.05, 3.63) is 65.7 Å². The number of thiophene rings is 1. The van der Waals surface area contributed by atoms with Crippen LogP contribution in [-0.2, 0) is 14.3 Å². The smallest absolute Gasteiger partial charge is 0.331 e. The molecule has 6 nitrogen and oxygen atoms in total. The largest absolute Gasteiger partial charge is 0.452 e. The van der Waals surface area contributed by atoms with E-state index in [2.05, 4.69) is 24.3 Å². The van der Waals surface area contributed by atoms with E-state index in [1.807, 2.05) is 54.0 Å². The van der Waals surface area contributed by atoms with Crippen LogP contribution in [0.1, 0.15) is 25.8 Å². The van der Waals surface area contributed by atoms with Crippen LogP contribution >= 0.6 is 11.3 Å². The highest BCUT2D eigenvalue weighted by Gasteiger charge is 2.12. The molecular weight excluding hydrogens is 398 g/mol. The molecule has 0 aliphatic rings. The highest BCUT2D eigenvalue weighted by atomic mass is 32.1. The maximum absolute atomic E-state index is 12.1. The minimum atomic E-state index is -0.571. The molecule has 0 saturated heterocycles. The number of hydrogen-bond donors (Lipinski definition) is 1. The van der Waals surface area contributed by atoms with E-state index in [9.17, 15) is 9.59 Å². The summed E-state index contributed by atoms with van der Waals surface area (Å²) < 4.78 is 6.82. The molecule has 0 bridgehead atoms. The van der Waals surface area contributed by atoms with Crippen molar-refractivity contribution in [2.24, 2.45) is 5.92 Å². The van der Waals surface area contributed by atoms with E-state index < -0.39 is 5.97 Å². The second-order valence-corrected chi connectivity index (χ2v) is 8.11. The molecule has 1 amide bonds. The predicted molar refractivity (Wildman–Crippen MR) is 119 cm³/mol. The Balaban J connectivity index is 1.66. The summed E-state index contributed by atoms with van der Waals surface area (Å²) in [5.74, 6) is -0.364. The number of benzene rings is 1. The van der Waals surface area contributed by atoms with Crippen LogP contribution in [0.5, 0.6) is 0 Å². The summed E-state index contributed by atoms with van der Waals surface area (Å²) in [6.45, 7) is 4.46. The van der Waals surface area contributed by atoms with Gasteiger partial charge in [0.1, 0.15) is 5.69 Å². The first-order chi connectivity index (χ1) is 14.5. The van der Waals surface area contributed by atoms with Crippen LogP contribution in [0.25, 0.3) is 22.3 Å². The van der Waals surface area contributed by atoms with Crippen molar-refractivity contribution in [2.45, 2.75) is 20.3 Å². The Morgan fingerprint density at radius 3 is 2.70 bits per heavy atom. The van der Waals surface area contributed by atoms with Gasteiger partial charge in [0.25, 0.3) is 5.91 Å². The maximum atomic E-state index is 12.1. The lowest BCUT2D eigenvalue weighted by Gasteiger charge is -2.06. The first kappa shape index (κ1) is 21.5. The summed E-state index contributed by atoms with van der Waals surface area (Å²) in [7, 11) is 0. The minimum Gasteiger partial charge on any atom is -0.452 e. The van der Waals surface area contributed by atoms with Crippen LogP contribution in [-0.4, -0.2) is 34.8 Å². The van der Waals surface area contributed by atoms with E-state index in [0.29, 0.717) is 12.5 Å². The molecule has 0 aliphatic heterocycles. The molecule has 0 atom stereocenters. The summed E-state index contributed by atoms with van der Waals surface area (Å²) >= 11 is 1.58. The SMILES string of the molecule is CC(C)CCNC(=O)COC(=O)/C=C/c1cn(-c2ccccc2)nc1-c1cccs1. The third kappa shape index (κ3) is 6.15. The molecule has 0 aliphatic carbocycles. The zero-order chi connectivity index (χ0) is 21.3. The van der Waals surface area contributed by atoms with Crippen LogP contribution in [0.2, 0.25) is 0 Å². The summed E-state index contributed by atoms with van der Waals surface area (Å²) in [6.07, 6.45) is 5.74. The number of nitrogens with zero attached hydrogens (tertiary/aromatic N) is 2. The highest BCUT2D eigenvalue weighted by Crippen LogP contribution is 2.28. The van der Waals surface area contributed by atoms with Crippen molar-refractivity contribution < 1.29 is 14.3 Å². The Morgan fingerprint density at radius 1 is 1.20 bits per heavy atom. The van der Waals surface area contributed by atoms with Crippen molar-refractivity contribution in [1.82, 2.24) is 15.1 Å². The number of rotatable bonds is 9. The standard InChI is InChI=1S/C23H25N3O3S/c1-17(2)12-13-24-21(27)16-29-22(28)11-10-18-15-26(19-7-4-3-5-8-19)25-23(18)20-9-6-14-30-20/h3-11,14-15,17H,12-13,16H2,1-2H3,(H,24,27)/b11-10+. The molecule has 0 unspecified atom stereocenters. The zero-order valence-electron chi connectivity index (χ0n) is 17.1. The van der Waals surface area contributed by atoms with E-state index in [1.165, 1.54) is 6.08 Å². The Kier molecular flexibility index (Phi) is 7.57. The first-order valence-electron chi connectivity index (χ1n) is 9.83. The lowest BCUT2D eigenvalue weighted by atomic mass is 10.1. The third-order valence-corrected chi connectivity index (χ3v) is 5.18. The lowest BCUT2D eigenvalue weighted by Crippen LogP contribution is -2.29. The molecule has 156 valence electrons. The van der Waals surface area contributed by atoms with Gasteiger partial charge in [0, 0.05) is 24.4 Å². The van der Waals surface area contributed by atoms with Gasteiger partial charge in [-0.3, -0.25) is 4.79 Å². The molecule has 0 spiro atoms. The van der Waals surface area contributed by atoms with Crippen molar-refractivity contribution >= 4 is 29.3 Å². The van der Waals surface area contributed by atoms with Crippen LogP contribution < -0.4 is 5.32 Å². The number of aromatic nitrogens is 2. The van der Waals surface area contributed by atoms with Gasteiger partial charge < -0.3 is 10.1 Å². The average Bonchev–Trinajstić information content (AvgIpc) is 3.41.